The minimum Gasteiger partial charge on any atom is -0.444 e. The van der Waals surface area contributed by atoms with E-state index in [0.717, 1.165) is 6.42 Å². The Morgan fingerprint density at radius 1 is 1.50 bits per heavy atom. The molecule has 0 spiro atoms. The molecule has 0 aromatic carbocycles. The molecule has 0 aromatic rings. The van der Waals surface area contributed by atoms with Crippen molar-refractivity contribution >= 4 is 6.09 Å². The molecule has 0 bridgehead atoms. The highest BCUT2D eigenvalue weighted by atomic mass is 16.6. The largest absolute Gasteiger partial charge is 0.444 e. The van der Waals surface area contributed by atoms with Crippen LogP contribution in [0.2, 0.25) is 0 Å². The molecule has 1 fully saturated rings. The Labute approximate surface area is 109 Å². The van der Waals surface area contributed by atoms with Gasteiger partial charge in [-0.15, -0.1) is 0 Å². The second-order valence-corrected chi connectivity index (χ2v) is 6.35. The van der Waals surface area contributed by atoms with E-state index in [2.05, 4.69) is 5.32 Å². The molecule has 18 heavy (non-hydrogen) atoms. The SMILES string of the molecule is C[C@H]1CC[C@@](O)(CNC(=O)OC(C)(C)C)[C@H](O)C1. The molecule has 106 valence electrons. The number of alkyl carbamates (subject to hydrolysis) is 1. The number of carbonyl (C=O) groups excluding carboxylic acids is 1. The van der Waals surface area contributed by atoms with Gasteiger partial charge < -0.3 is 20.3 Å². The van der Waals surface area contributed by atoms with E-state index >= 15 is 0 Å². The fourth-order valence-corrected chi connectivity index (χ4v) is 2.13. The van der Waals surface area contributed by atoms with E-state index in [4.69, 9.17) is 4.74 Å². The first-order valence-electron chi connectivity index (χ1n) is 6.50. The Balaban J connectivity index is 2.44. The lowest BCUT2D eigenvalue weighted by atomic mass is 9.77. The van der Waals surface area contributed by atoms with Crippen molar-refractivity contribution < 1.29 is 19.7 Å². The summed E-state index contributed by atoms with van der Waals surface area (Å²) in [6.45, 7) is 7.40. The Morgan fingerprint density at radius 3 is 2.61 bits per heavy atom. The van der Waals surface area contributed by atoms with E-state index in [-0.39, 0.29) is 6.54 Å². The summed E-state index contributed by atoms with van der Waals surface area (Å²) in [5, 5.41) is 22.7. The van der Waals surface area contributed by atoms with Gasteiger partial charge in [0.25, 0.3) is 0 Å². The van der Waals surface area contributed by atoms with Crippen LogP contribution in [0.1, 0.15) is 47.0 Å². The first-order valence-corrected chi connectivity index (χ1v) is 6.50. The average Bonchev–Trinajstić information content (AvgIpc) is 2.19. The van der Waals surface area contributed by atoms with Gasteiger partial charge in [-0.2, -0.15) is 0 Å². The van der Waals surface area contributed by atoms with E-state index in [1.165, 1.54) is 0 Å². The molecule has 0 aromatic heterocycles. The second kappa shape index (κ2) is 5.45. The lowest BCUT2D eigenvalue weighted by Crippen LogP contribution is -2.54. The highest BCUT2D eigenvalue weighted by molar-refractivity contribution is 5.67. The van der Waals surface area contributed by atoms with Gasteiger partial charge in [0.15, 0.2) is 0 Å². The van der Waals surface area contributed by atoms with Crippen molar-refractivity contribution in [3.8, 4) is 0 Å². The van der Waals surface area contributed by atoms with Crippen molar-refractivity contribution in [1.82, 2.24) is 5.32 Å². The smallest absolute Gasteiger partial charge is 0.407 e. The molecule has 1 aliphatic carbocycles. The molecule has 0 saturated heterocycles. The summed E-state index contributed by atoms with van der Waals surface area (Å²) in [7, 11) is 0. The zero-order valence-corrected chi connectivity index (χ0v) is 11.7. The lowest BCUT2D eigenvalue weighted by Gasteiger charge is -2.39. The molecule has 0 aliphatic heterocycles. The van der Waals surface area contributed by atoms with E-state index in [9.17, 15) is 15.0 Å². The van der Waals surface area contributed by atoms with Gasteiger partial charge in [0.1, 0.15) is 11.2 Å². The third-order valence-corrected chi connectivity index (χ3v) is 3.25. The van der Waals surface area contributed by atoms with Crippen LogP contribution in [0.15, 0.2) is 0 Å². The summed E-state index contributed by atoms with van der Waals surface area (Å²) in [4.78, 5) is 11.5. The predicted octanol–water partition coefficient (Wildman–Crippen LogP) is 1.42. The minimum atomic E-state index is -1.23. The number of aliphatic hydroxyl groups is 2. The maximum atomic E-state index is 11.5. The molecule has 1 saturated carbocycles. The Hall–Kier alpha value is -0.810. The molecular weight excluding hydrogens is 234 g/mol. The molecule has 0 heterocycles. The van der Waals surface area contributed by atoms with Gasteiger partial charge in [-0.25, -0.2) is 4.79 Å². The zero-order valence-electron chi connectivity index (χ0n) is 11.7. The van der Waals surface area contributed by atoms with Gasteiger partial charge >= 0.3 is 6.09 Å². The van der Waals surface area contributed by atoms with Gasteiger partial charge in [-0.05, 0) is 46.0 Å². The predicted molar refractivity (Wildman–Crippen MR) is 68.2 cm³/mol. The topological polar surface area (TPSA) is 78.8 Å². The van der Waals surface area contributed by atoms with Crippen molar-refractivity contribution in [2.75, 3.05) is 6.54 Å². The monoisotopic (exact) mass is 259 g/mol. The first kappa shape index (κ1) is 15.2. The number of nitrogens with one attached hydrogen (secondary N) is 1. The Kier molecular flexibility index (Phi) is 4.61. The molecule has 1 aliphatic rings. The number of aliphatic hydroxyl groups excluding tert-OH is 1. The standard InChI is InChI=1S/C13H25NO4/c1-9-5-6-13(17,10(15)7-9)8-14-11(16)18-12(2,3)4/h9-10,15,17H,5-8H2,1-4H3,(H,14,16)/t9-,10+,13+/m0/s1. The highest BCUT2D eigenvalue weighted by Crippen LogP contribution is 2.31. The molecule has 1 amide bonds. The van der Waals surface area contributed by atoms with E-state index in [1.54, 1.807) is 20.8 Å². The van der Waals surface area contributed by atoms with Gasteiger partial charge in [-0.3, -0.25) is 0 Å². The van der Waals surface area contributed by atoms with Crippen LogP contribution in [-0.2, 0) is 4.74 Å². The van der Waals surface area contributed by atoms with Crippen LogP contribution in [0.4, 0.5) is 4.79 Å². The van der Waals surface area contributed by atoms with Crippen molar-refractivity contribution in [3.05, 3.63) is 0 Å². The molecule has 1 rings (SSSR count). The normalized spacial score (nSPS) is 33.0. The van der Waals surface area contributed by atoms with Crippen LogP contribution in [-0.4, -0.2) is 40.2 Å². The number of amides is 1. The lowest BCUT2D eigenvalue weighted by molar-refractivity contribution is -0.107. The molecule has 5 heteroatoms. The van der Waals surface area contributed by atoms with Crippen LogP contribution in [0.25, 0.3) is 0 Å². The Morgan fingerprint density at radius 2 is 2.11 bits per heavy atom. The second-order valence-electron chi connectivity index (χ2n) is 6.35. The van der Waals surface area contributed by atoms with E-state index in [0.29, 0.717) is 18.8 Å². The average molecular weight is 259 g/mol. The summed E-state index contributed by atoms with van der Waals surface area (Å²) >= 11 is 0. The summed E-state index contributed by atoms with van der Waals surface area (Å²) < 4.78 is 5.09. The van der Waals surface area contributed by atoms with Crippen LogP contribution in [0.5, 0.6) is 0 Å². The Bertz CT molecular complexity index is 300. The number of rotatable bonds is 2. The highest BCUT2D eigenvalue weighted by Gasteiger charge is 2.40. The van der Waals surface area contributed by atoms with Crippen molar-refractivity contribution in [3.63, 3.8) is 0 Å². The third kappa shape index (κ3) is 4.46. The maximum Gasteiger partial charge on any atom is 0.407 e. The molecular formula is C13H25NO4. The van der Waals surface area contributed by atoms with Crippen molar-refractivity contribution in [2.45, 2.75) is 64.3 Å². The first-order chi connectivity index (χ1) is 8.12. The van der Waals surface area contributed by atoms with Crippen LogP contribution >= 0.6 is 0 Å². The van der Waals surface area contributed by atoms with E-state index in [1.807, 2.05) is 6.92 Å². The van der Waals surface area contributed by atoms with Gasteiger partial charge in [0, 0.05) is 0 Å². The van der Waals surface area contributed by atoms with Gasteiger partial charge in [0.05, 0.1) is 12.6 Å². The summed E-state index contributed by atoms with van der Waals surface area (Å²) in [5.74, 6) is 0.404. The minimum absolute atomic E-state index is 0.0236. The quantitative estimate of drug-likeness (QED) is 0.701. The fraction of sp³-hybridized carbons (Fsp3) is 0.923. The third-order valence-electron chi connectivity index (χ3n) is 3.25. The van der Waals surface area contributed by atoms with Gasteiger partial charge in [0.2, 0.25) is 0 Å². The summed E-state index contributed by atoms with van der Waals surface area (Å²) in [6, 6.07) is 0. The van der Waals surface area contributed by atoms with Crippen LogP contribution < -0.4 is 5.32 Å². The molecule has 0 radical (unpaired) electrons. The van der Waals surface area contributed by atoms with E-state index < -0.39 is 23.4 Å². The zero-order chi connectivity index (χ0) is 14.0. The van der Waals surface area contributed by atoms with Crippen LogP contribution in [0, 0.1) is 5.92 Å². The molecule has 3 atom stereocenters. The summed E-state index contributed by atoms with van der Waals surface area (Å²) in [5.41, 5.74) is -1.80. The number of hydrogen-bond acceptors (Lipinski definition) is 4. The number of hydrogen-bond donors (Lipinski definition) is 3. The molecule has 5 nitrogen and oxygen atoms in total. The van der Waals surface area contributed by atoms with Gasteiger partial charge in [-0.1, -0.05) is 6.92 Å². The van der Waals surface area contributed by atoms with Crippen molar-refractivity contribution in [1.29, 1.82) is 0 Å². The fourth-order valence-electron chi connectivity index (χ4n) is 2.13. The molecule has 3 N–H and O–H groups in total. The maximum absolute atomic E-state index is 11.5. The number of carbonyl (C=O) groups is 1. The summed E-state index contributed by atoms with van der Waals surface area (Å²) in [6.07, 6.45) is 0.541. The molecule has 0 unspecified atom stereocenters. The van der Waals surface area contributed by atoms with Crippen LogP contribution in [0.3, 0.4) is 0 Å². The number of ether oxygens (including phenoxy) is 1. The van der Waals surface area contributed by atoms with Crippen molar-refractivity contribution in [2.24, 2.45) is 5.92 Å².